The zero-order chi connectivity index (χ0) is 26.7. The fourth-order valence-electron chi connectivity index (χ4n) is 4.27. The van der Waals surface area contributed by atoms with Crippen LogP contribution in [0.3, 0.4) is 0 Å². The summed E-state index contributed by atoms with van der Waals surface area (Å²) in [6, 6.07) is 10.5. The lowest BCUT2D eigenvalue weighted by molar-refractivity contribution is -0.119. The molecule has 0 aromatic heterocycles. The Hall–Kier alpha value is -3.71. The summed E-state index contributed by atoms with van der Waals surface area (Å²) in [5.41, 5.74) is 1.02. The van der Waals surface area contributed by atoms with Gasteiger partial charge in [-0.3, -0.25) is 14.5 Å². The summed E-state index contributed by atoms with van der Waals surface area (Å²) < 4.78 is 47.9. The van der Waals surface area contributed by atoms with Crippen molar-refractivity contribution in [2.24, 2.45) is 0 Å². The molecule has 37 heavy (non-hydrogen) atoms. The van der Waals surface area contributed by atoms with Gasteiger partial charge in [0.2, 0.25) is 21.8 Å². The monoisotopic (exact) mass is 533 g/mol. The third-order valence-electron chi connectivity index (χ3n) is 6.07. The van der Waals surface area contributed by atoms with E-state index < -0.39 is 28.0 Å². The Morgan fingerprint density at radius 1 is 1.05 bits per heavy atom. The molecule has 0 aliphatic carbocycles. The van der Waals surface area contributed by atoms with Crippen LogP contribution in [0.25, 0.3) is 0 Å². The van der Waals surface area contributed by atoms with Gasteiger partial charge >= 0.3 is 6.09 Å². The normalized spacial score (nSPS) is 18.5. The fraction of sp³-hybridized carbons (Fsp3) is 0.375. The molecule has 0 radical (unpaired) electrons. The van der Waals surface area contributed by atoms with Gasteiger partial charge in [-0.25, -0.2) is 17.6 Å². The molecule has 0 bridgehead atoms. The minimum absolute atomic E-state index is 0.0667. The van der Waals surface area contributed by atoms with E-state index in [1.807, 2.05) is 0 Å². The highest BCUT2D eigenvalue weighted by Crippen LogP contribution is 2.29. The summed E-state index contributed by atoms with van der Waals surface area (Å²) in [6.07, 6.45) is -1.16. The van der Waals surface area contributed by atoms with E-state index in [1.165, 1.54) is 41.3 Å². The molecule has 3 amide bonds. The Kier molecular flexibility index (Phi) is 7.64. The molecule has 1 atom stereocenters. The predicted molar refractivity (Wildman–Crippen MR) is 134 cm³/mol. The highest BCUT2D eigenvalue weighted by molar-refractivity contribution is 7.89. The van der Waals surface area contributed by atoms with E-state index in [4.69, 9.17) is 4.74 Å². The molecule has 0 unspecified atom stereocenters. The quantitative estimate of drug-likeness (QED) is 0.555. The van der Waals surface area contributed by atoms with Gasteiger partial charge in [0.1, 0.15) is 11.9 Å². The van der Waals surface area contributed by atoms with Crippen molar-refractivity contribution in [2.45, 2.75) is 24.8 Å². The number of nitrogens with one attached hydrogen (secondary N) is 2. The lowest BCUT2D eigenvalue weighted by Crippen LogP contribution is -2.48. The molecule has 2 aliphatic heterocycles. The number of cyclic esters (lactones) is 1. The van der Waals surface area contributed by atoms with Crippen molar-refractivity contribution in [2.75, 3.05) is 54.4 Å². The molecule has 2 heterocycles. The molecular weight excluding hydrogens is 505 g/mol. The average molecular weight is 534 g/mol. The number of benzene rings is 2. The van der Waals surface area contributed by atoms with E-state index in [1.54, 1.807) is 29.2 Å². The van der Waals surface area contributed by atoms with Crippen molar-refractivity contribution >= 4 is 45.0 Å². The van der Waals surface area contributed by atoms with Gasteiger partial charge in [0.15, 0.2) is 0 Å². The molecule has 2 aliphatic rings. The number of sulfonamides is 1. The van der Waals surface area contributed by atoms with Crippen molar-refractivity contribution in [1.29, 1.82) is 0 Å². The van der Waals surface area contributed by atoms with Gasteiger partial charge in [-0.1, -0.05) is 6.07 Å². The van der Waals surface area contributed by atoms with Crippen LogP contribution in [-0.2, 0) is 24.3 Å². The SMILES string of the molecule is CC(=O)NC[C@H]1CN(c2ccc(N3CCN(S(=O)(=O)c4cccc(NC(C)=O)c4)CC3)c(F)c2)C(=O)O1. The summed E-state index contributed by atoms with van der Waals surface area (Å²) in [5.74, 6) is -1.09. The van der Waals surface area contributed by atoms with Crippen molar-refractivity contribution in [1.82, 2.24) is 9.62 Å². The lowest BCUT2D eigenvalue weighted by atomic mass is 10.2. The molecule has 2 N–H and O–H groups in total. The third kappa shape index (κ3) is 6.00. The molecule has 0 saturated carbocycles. The summed E-state index contributed by atoms with van der Waals surface area (Å²) in [5, 5.41) is 5.17. The minimum atomic E-state index is -3.80. The first-order valence-electron chi connectivity index (χ1n) is 11.7. The zero-order valence-electron chi connectivity index (χ0n) is 20.4. The van der Waals surface area contributed by atoms with Gasteiger partial charge in [0, 0.05) is 45.7 Å². The van der Waals surface area contributed by atoms with Crippen LogP contribution in [0.5, 0.6) is 0 Å². The predicted octanol–water partition coefficient (Wildman–Crippen LogP) is 1.76. The van der Waals surface area contributed by atoms with Gasteiger partial charge in [0.05, 0.1) is 29.4 Å². The fourth-order valence-corrected chi connectivity index (χ4v) is 5.74. The van der Waals surface area contributed by atoms with Crippen molar-refractivity contribution in [3.63, 3.8) is 0 Å². The molecule has 11 nitrogen and oxygen atoms in total. The topological polar surface area (TPSA) is 128 Å². The Balaban J connectivity index is 1.40. The number of hydrogen-bond donors (Lipinski definition) is 2. The van der Waals surface area contributed by atoms with Crippen molar-refractivity contribution in [3.8, 4) is 0 Å². The first-order chi connectivity index (χ1) is 17.5. The van der Waals surface area contributed by atoms with Gasteiger partial charge in [-0.15, -0.1) is 0 Å². The molecule has 4 rings (SSSR count). The summed E-state index contributed by atoms with van der Waals surface area (Å²) in [7, 11) is -3.80. The molecule has 2 fully saturated rings. The summed E-state index contributed by atoms with van der Waals surface area (Å²) in [6.45, 7) is 3.89. The minimum Gasteiger partial charge on any atom is -0.442 e. The number of carbonyl (C=O) groups is 3. The smallest absolute Gasteiger partial charge is 0.414 e. The van der Waals surface area contributed by atoms with Crippen LogP contribution in [-0.4, -0.2) is 76.0 Å². The Labute approximate surface area is 214 Å². The number of hydrogen-bond acceptors (Lipinski definition) is 7. The zero-order valence-corrected chi connectivity index (χ0v) is 21.3. The van der Waals surface area contributed by atoms with E-state index in [0.717, 1.165) is 0 Å². The molecule has 198 valence electrons. The Morgan fingerprint density at radius 2 is 1.78 bits per heavy atom. The van der Waals surface area contributed by atoms with Crippen LogP contribution in [0.2, 0.25) is 0 Å². The van der Waals surface area contributed by atoms with Gasteiger partial charge in [-0.05, 0) is 36.4 Å². The summed E-state index contributed by atoms with van der Waals surface area (Å²) >= 11 is 0. The van der Waals surface area contributed by atoms with Gasteiger partial charge in [-0.2, -0.15) is 4.31 Å². The second-order valence-electron chi connectivity index (χ2n) is 8.79. The maximum absolute atomic E-state index is 15.1. The third-order valence-corrected chi connectivity index (χ3v) is 7.96. The Bertz CT molecular complexity index is 1310. The van der Waals surface area contributed by atoms with Crippen LogP contribution in [0.4, 0.5) is 26.2 Å². The van der Waals surface area contributed by atoms with Crippen LogP contribution in [0.1, 0.15) is 13.8 Å². The van der Waals surface area contributed by atoms with Crippen LogP contribution >= 0.6 is 0 Å². The molecule has 2 aromatic carbocycles. The largest absolute Gasteiger partial charge is 0.442 e. The van der Waals surface area contributed by atoms with Gasteiger partial charge < -0.3 is 20.3 Å². The number of ether oxygens (including phenoxy) is 1. The second-order valence-corrected chi connectivity index (χ2v) is 10.7. The van der Waals surface area contributed by atoms with E-state index in [0.29, 0.717) is 17.1 Å². The van der Waals surface area contributed by atoms with E-state index in [2.05, 4.69) is 10.6 Å². The standard InChI is InChI=1S/C24H28FN5O6S/c1-16(31)26-14-20-15-30(24(33)36-20)19-6-7-23(22(25)13-19)28-8-10-29(11-9-28)37(34,35)21-5-3-4-18(12-21)27-17(2)32/h3-7,12-13,20H,8-11,14-15H2,1-2H3,(H,26,31)(H,27,32)/t20-/m0/s1. The first-order valence-corrected chi connectivity index (χ1v) is 13.1. The molecule has 13 heteroatoms. The van der Waals surface area contributed by atoms with Crippen molar-refractivity contribution < 1.29 is 31.9 Å². The average Bonchev–Trinajstić information content (AvgIpc) is 3.23. The number of rotatable bonds is 7. The second kappa shape index (κ2) is 10.7. The molecule has 0 spiro atoms. The van der Waals surface area contributed by atoms with Gasteiger partial charge in [0.25, 0.3) is 0 Å². The molecular formula is C24H28FN5O6S. The summed E-state index contributed by atoms with van der Waals surface area (Å²) in [4.78, 5) is 37.7. The highest BCUT2D eigenvalue weighted by atomic mass is 32.2. The number of nitrogens with zero attached hydrogens (tertiary/aromatic N) is 3. The van der Waals surface area contributed by atoms with Crippen LogP contribution < -0.4 is 20.4 Å². The van der Waals surface area contributed by atoms with E-state index in [-0.39, 0.29) is 56.0 Å². The highest BCUT2D eigenvalue weighted by Gasteiger charge is 2.34. The Morgan fingerprint density at radius 3 is 2.43 bits per heavy atom. The maximum Gasteiger partial charge on any atom is 0.414 e. The van der Waals surface area contributed by atoms with Crippen LogP contribution in [0, 0.1) is 5.82 Å². The number of anilines is 3. The maximum atomic E-state index is 15.1. The van der Waals surface area contributed by atoms with Crippen molar-refractivity contribution in [3.05, 3.63) is 48.3 Å². The number of carbonyl (C=O) groups excluding carboxylic acids is 3. The number of halogens is 1. The van der Waals surface area contributed by atoms with E-state index in [9.17, 15) is 22.8 Å². The van der Waals surface area contributed by atoms with Crippen LogP contribution in [0.15, 0.2) is 47.4 Å². The molecule has 2 saturated heterocycles. The molecule has 2 aromatic rings. The number of piperazine rings is 1. The van der Waals surface area contributed by atoms with E-state index >= 15 is 4.39 Å². The number of amides is 3. The first kappa shape index (κ1) is 26.4. The lowest BCUT2D eigenvalue weighted by Gasteiger charge is -2.35.